The fourth-order valence-electron chi connectivity index (χ4n) is 2.37. The highest BCUT2D eigenvalue weighted by molar-refractivity contribution is 4.98. The number of rotatable bonds is 2. The molecule has 0 aromatic heterocycles. The third-order valence-corrected chi connectivity index (χ3v) is 3.26. The largest absolute Gasteiger partial charge is 0.311 e. The highest BCUT2D eigenvalue weighted by atomic mass is 15.3. The van der Waals surface area contributed by atoms with E-state index in [2.05, 4.69) is 24.1 Å². The summed E-state index contributed by atoms with van der Waals surface area (Å²) >= 11 is 0. The summed E-state index contributed by atoms with van der Waals surface area (Å²) in [7, 11) is 0. The Labute approximate surface area is 69.0 Å². The van der Waals surface area contributed by atoms with Crippen LogP contribution in [-0.2, 0) is 0 Å². The Hall–Kier alpha value is -0.0800. The molecule has 0 amide bonds. The van der Waals surface area contributed by atoms with Crippen LogP contribution < -0.4 is 5.32 Å². The molecule has 2 fully saturated rings. The van der Waals surface area contributed by atoms with E-state index in [0.29, 0.717) is 0 Å². The Morgan fingerprint density at radius 2 is 2.45 bits per heavy atom. The smallest absolute Gasteiger partial charge is 0.0239 e. The SMILES string of the molecule is CCC(C)N1CC2CC1CN2. The molecular formula is C9H18N2. The molecule has 11 heavy (non-hydrogen) atoms. The second-order valence-corrected chi connectivity index (χ2v) is 3.95. The molecule has 2 saturated heterocycles. The molecule has 2 aliphatic heterocycles. The van der Waals surface area contributed by atoms with Crippen LogP contribution in [0.25, 0.3) is 0 Å². The van der Waals surface area contributed by atoms with Gasteiger partial charge in [-0.2, -0.15) is 0 Å². The molecule has 0 aromatic rings. The predicted molar refractivity (Wildman–Crippen MR) is 46.7 cm³/mol. The van der Waals surface area contributed by atoms with E-state index in [9.17, 15) is 0 Å². The van der Waals surface area contributed by atoms with Crippen LogP contribution in [0, 0.1) is 0 Å². The monoisotopic (exact) mass is 154 g/mol. The van der Waals surface area contributed by atoms with Gasteiger partial charge in [-0.15, -0.1) is 0 Å². The van der Waals surface area contributed by atoms with E-state index >= 15 is 0 Å². The zero-order chi connectivity index (χ0) is 7.84. The van der Waals surface area contributed by atoms with Gasteiger partial charge in [0.25, 0.3) is 0 Å². The van der Waals surface area contributed by atoms with Gasteiger partial charge in [0, 0.05) is 31.2 Å². The lowest BCUT2D eigenvalue weighted by Crippen LogP contribution is -2.47. The average Bonchev–Trinajstić information content (AvgIpc) is 2.62. The molecule has 2 rings (SSSR count). The molecule has 2 bridgehead atoms. The van der Waals surface area contributed by atoms with Gasteiger partial charge in [-0.3, -0.25) is 4.90 Å². The minimum atomic E-state index is 0.798. The van der Waals surface area contributed by atoms with Crippen LogP contribution in [0.1, 0.15) is 26.7 Å². The highest BCUT2D eigenvalue weighted by Gasteiger charge is 2.38. The van der Waals surface area contributed by atoms with Crippen molar-refractivity contribution in [1.82, 2.24) is 10.2 Å². The van der Waals surface area contributed by atoms with Crippen molar-refractivity contribution in [1.29, 1.82) is 0 Å². The lowest BCUT2D eigenvalue weighted by atomic mass is 10.2. The van der Waals surface area contributed by atoms with Crippen LogP contribution in [0.5, 0.6) is 0 Å². The molecule has 2 aliphatic rings. The zero-order valence-corrected chi connectivity index (χ0v) is 7.51. The topological polar surface area (TPSA) is 15.3 Å². The lowest BCUT2D eigenvalue weighted by Gasteiger charge is -2.32. The number of nitrogens with zero attached hydrogens (tertiary/aromatic N) is 1. The Bertz CT molecular complexity index is 146. The minimum absolute atomic E-state index is 0.798. The molecule has 2 heterocycles. The fraction of sp³-hybridized carbons (Fsp3) is 1.00. The van der Waals surface area contributed by atoms with Gasteiger partial charge in [0.05, 0.1) is 0 Å². The van der Waals surface area contributed by atoms with Gasteiger partial charge in [0.1, 0.15) is 0 Å². The normalized spacial score (nSPS) is 39.8. The van der Waals surface area contributed by atoms with Crippen molar-refractivity contribution in [2.75, 3.05) is 13.1 Å². The summed E-state index contributed by atoms with van der Waals surface area (Å²) in [6.07, 6.45) is 2.69. The van der Waals surface area contributed by atoms with Gasteiger partial charge in [0.15, 0.2) is 0 Å². The van der Waals surface area contributed by atoms with Crippen molar-refractivity contribution in [2.24, 2.45) is 0 Å². The second-order valence-electron chi connectivity index (χ2n) is 3.95. The van der Waals surface area contributed by atoms with E-state index in [-0.39, 0.29) is 0 Å². The molecule has 2 heteroatoms. The molecule has 64 valence electrons. The summed E-state index contributed by atoms with van der Waals surface area (Å²) in [4.78, 5) is 2.67. The Morgan fingerprint density at radius 1 is 1.64 bits per heavy atom. The third-order valence-electron chi connectivity index (χ3n) is 3.26. The van der Waals surface area contributed by atoms with E-state index in [1.165, 1.54) is 25.9 Å². The zero-order valence-electron chi connectivity index (χ0n) is 7.51. The summed E-state index contributed by atoms with van der Waals surface area (Å²) in [5.41, 5.74) is 0. The highest BCUT2D eigenvalue weighted by Crippen LogP contribution is 2.25. The molecule has 0 aliphatic carbocycles. The molecule has 0 spiro atoms. The van der Waals surface area contributed by atoms with Crippen LogP contribution in [0.3, 0.4) is 0 Å². The van der Waals surface area contributed by atoms with E-state index in [4.69, 9.17) is 0 Å². The lowest BCUT2D eigenvalue weighted by molar-refractivity contribution is 0.166. The molecular weight excluding hydrogens is 136 g/mol. The van der Waals surface area contributed by atoms with E-state index in [1.54, 1.807) is 0 Å². The molecule has 3 unspecified atom stereocenters. The molecule has 3 atom stereocenters. The number of piperazine rings is 1. The summed E-state index contributed by atoms with van der Waals surface area (Å²) in [5.74, 6) is 0. The third kappa shape index (κ3) is 1.18. The number of fused-ring (bicyclic) bond motifs is 2. The molecule has 1 N–H and O–H groups in total. The van der Waals surface area contributed by atoms with E-state index in [0.717, 1.165) is 18.1 Å². The maximum atomic E-state index is 3.52. The van der Waals surface area contributed by atoms with Crippen LogP contribution in [0.15, 0.2) is 0 Å². The summed E-state index contributed by atoms with van der Waals surface area (Å²) in [6, 6.07) is 2.47. The van der Waals surface area contributed by atoms with Crippen molar-refractivity contribution in [3.63, 3.8) is 0 Å². The summed E-state index contributed by atoms with van der Waals surface area (Å²) in [5, 5.41) is 3.52. The summed E-state index contributed by atoms with van der Waals surface area (Å²) < 4.78 is 0. The van der Waals surface area contributed by atoms with Crippen molar-refractivity contribution in [3.05, 3.63) is 0 Å². The molecule has 0 saturated carbocycles. The molecule has 0 radical (unpaired) electrons. The Balaban J connectivity index is 1.96. The van der Waals surface area contributed by atoms with Crippen molar-refractivity contribution >= 4 is 0 Å². The van der Waals surface area contributed by atoms with Crippen LogP contribution in [-0.4, -0.2) is 36.1 Å². The summed E-state index contributed by atoms with van der Waals surface area (Å²) in [6.45, 7) is 7.15. The first-order chi connectivity index (χ1) is 5.31. The maximum Gasteiger partial charge on any atom is 0.0239 e. The number of hydrogen-bond acceptors (Lipinski definition) is 2. The van der Waals surface area contributed by atoms with Gasteiger partial charge in [-0.1, -0.05) is 6.92 Å². The quantitative estimate of drug-likeness (QED) is 0.634. The number of nitrogens with one attached hydrogen (secondary N) is 1. The Morgan fingerprint density at radius 3 is 2.91 bits per heavy atom. The van der Waals surface area contributed by atoms with Gasteiger partial charge >= 0.3 is 0 Å². The van der Waals surface area contributed by atoms with Crippen LogP contribution >= 0.6 is 0 Å². The number of likely N-dealkylation sites (tertiary alicyclic amines) is 1. The number of hydrogen-bond donors (Lipinski definition) is 1. The molecule has 2 nitrogen and oxygen atoms in total. The maximum absolute atomic E-state index is 3.52. The fourth-order valence-corrected chi connectivity index (χ4v) is 2.37. The van der Waals surface area contributed by atoms with E-state index < -0.39 is 0 Å². The minimum Gasteiger partial charge on any atom is -0.311 e. The van der Waals surface area contributed by atoms with E-state index in [1.807, 2.05) is 0 Å². The van der Waals surface area contributed by atoms with Gasteiger partial charge in [0.2, 0.25) is 0 Å². The first-order valence-electron chi connectivity index (χ1n) is 4.80. The van der Waals surface area contributed by atoms with Gasteiger partial charge in [-0.05, 0) is 19.8 Å². The molecule has 0 aromatic carbocycles. The Kier molecular flexibility index (Phi) is 1.90. The standard InChI is InChI=1S/C9H18N2/c1-3-7(2)11-6-8-4-9(11)5-10-8/h7-10H,3-6H2,1-2H3. The van der Waals surface area contributed by atoms with Crippen LogP contribution in [0.2, 0.25) is 0 Å². The second kappa shape index (κ2) is 2.76. The predicted octanol–water partition coefficient (Wildman–Crippen LogP) is 0.831. The first-order valence-corrected chi connectivity index (χ1v) is 4.80. The van der Waals surface area contributed by atoms with Gasteiger partial charge in [-0.25, -0.2) is 0 Å². The average molecular weight is 154 g/mol. The van der Waals surface area contributed by atoms with Crippen molar-refractivity contribution < 1.29 is 0 Å². The van der Waals surface area contributed by atoms with Crippen molar-refractivity contribution in [2.45, 2.75) is 44.8 Å². The van der Waals surface area contributed by atoms with Crippen molar-refractivity contribution in [3.8, 4) is 0 Å². The van der Waals surface area contributed by atoms with Gasteiger partial charge < -0.3 is 5.32 Å². The van der Waals surface area contributed by atoms with Crippen LogP contribution in [0.4, 0.5) is 0 Å². The first kappa shape index (κ1) is 7.56.